The largest absolute Gasteiger partial charge is 0.330 e. The van der Waals surface area contributed by atoms with Crippen molar-refractivity contribution in [3.05, 3.63) is 39.9 Å². The van der Waals surface area contributed by atoms with Gasteiger partial charge in [-0.25, -0.2) is 14.0 Å². The van der Waals surface area contributed by atoms with Crippen LogP contribution in [0.15, 0.2) is 32.3 Å². The fourth-order valence-corrected chi connectivity index (χ4v) is 2.29. The second kappa shape index (κ2) is 8.62. The standard InChI is InChI=1S/C14H16BrFN6O2/c15-10-7-9(3-4-11(10)16)19-14(20-23)13-12(21-24-22-13)6-8(18)2-1-5-17/h3-4,7,18,23H,1-2,5-6,17H2,(H,19,20). The highest BCUT2D eigenvalue weighted by Crippen LogP contribution is 2.22. The molecule has 0 atom stereocenters. The lowest BCUT2D eigenvalue weighted by molar-refractivity contribution is 0.234. The van der Waals surface area contributed by atoms with E-state index in [4.69, 9.17) is 15.8 Å². The van der Waals surface area contributed by atoms with E-state index in [9.17, 15) is 9.60 Å². The number of halogens is 2. The predicted octanol–water partition coefficient (Wildman–Crippen LogP) is 2.33. The molecule has 0 bridgehead atoms. The van der Waals surface area contributed by atoms with Gasteiger partial charge in [0.1, 0.15) is 11.5 Å². The number of hydroxylamine groups is 1. The maximum absolute atomic E-state index is 13.3. The van der Waals surface area contributed by atoms with Crippen LogP contribution in [-0.2, 0) is 6.42 Å². The van der Waals surface area contributed by atoms with E-state index in [0.29, 0.717) is 36.5 Å². The molecule has 0 amide bonds. The van der Waals surface area contributed by atoms with Gasteiger partial charge in [0.25, 0.3) is 0 Å². The average Bonchev–Trinajstić information content (AvgIpc) is 3.01. The molecule has 10 heteroatoms. The third-order valence-electron chi connectivity index (χ3n) is 3.09. The monoisotopic (exact) mass is 398 g/mol. The molecular formula is C14H16BrFN6O2. The summed E-state index contributed by atoms with van der Waals surface area (Å²) in [4.78, 5) is 4.16. The molecule has 0 saturated heterocycles. The molecule has 0 aliphatic carbocycles. The first-order valence-electron chi connectivity index (χ1n) is 7.07. The maximum Gasteiger partial charge on any atom is 0.182 e. The van der Waals surface area contributed by atoms with Crippen molar-refractivity contribution in [1.82, 2.24) is 15.8 Å². The smallest absolute Gasteiger partial charge is 0.182 e. The molecule has 1 aromatic heterocycles. The van der Waals surface area contributed by atoms with Crippen LogP contribution in [0.5, 0.6) is 0 Å². The summed E-state index contributed by atoms with van der Waals surface area (Å²) in [5.74, 6) is -0.444. The van der Waals surface area contributed by atoms with Crippen LogP contribution in [-0.4, -0.2) is 33.6 Å². The molecule has 0 fully saturated rings. The maximum atomic E-state index is 13.3. The van der Waals surface area contributed by atoms with Crippen molar-refractivity contribution in [2.45, 2.75) is 19.3 Å². The van der Waals surface area contributed by atoms with E-state index in [1.807, 2.05) is 5.48 Å². The Morgan fingerprint density at radius 2 is 2.25 bits per heavy atom. The number of nitrogens with two attached hydrogens (primary N) is 1. The first-order valence-corrected chi connectivity index (χ1v) is 7.86. The Hall–Kier alpha value is -2.17. The zero-order chi connectivity index (χ0) is 17.5. The summed E-state index contributed by atoms with van der Waals surface area (Å²) in [7, 11) is 0. The lowest BCUT2D eigenvalue weighted by Gasteiger charge is -2.05. The summed E-state index contributed by atoms with van der Waals surface area (Å²) < 4.78 is 18.2. The van der Waals surface area contributed by atoms with Gasteiger partial charge in [0.15, 0.2) is 11.5 Å². The SMILES string of the molecule is N=C(CCCN)Cc1nonc1C(=Nc1ccc(F)c(Br)c1)NO. The molecule has 1 aromatic carbocycles. The summed E-state index contributed by atoms with van der Waals surface area (Å²) in [6.07, 6.45) is 1.43. The second-order valence-electron chi connectivity index (χ2n) is 4.90. The molecular weight excluding hydrogens is 383 g/mol. The number of benzene rings is 1. The summed E-state index contributed by atoms with van der Waals surface area (Å²) >= 11 is 3.07. The van der Waals surface area contributed by atoms with Crippen molar-refractivity contribution >= 4 is 33.2 Å². The number of amidine groups is 1. The van der Waals surface area contributed by atoms with Crippen molar-refractivity contribution in [2.24, 2.45) is 10.7 Å². The minimum absolute atomic E-state index is 0.0172. The Balaban J connectivity index is 2.24. The number of nitrogens with zero attached hydrogens (tertiary/aromatic N) is 3. The van der Waals surface area contributed by atoms with Gasteiger partial charge in [0, 0.05) is 12.1 Å². The van der Waals surface area contributed by atoms with E-state index >= 15 is 0 Å². The van der Waals surface area contributed by atoms with Crippen molar-refractivity contribution in [3.8, 4) is 0 Å². The van der Waals surface area contributed by atoms with Crippen LogP contribution in [0.2, 0.25) is 0 Å². The number of aromatic nitrogens is 2. The zero-order valence-corrected chi connectivity index (χ0v) is 14.2. The molecule has 2 aromatic rings. The predicted molar refractivity (Wildman–Crippen MR) is 89.2 cm³/mol. The molecule has 5 N–H and O–H groups in total. The van der Waals surface area contributed by atoms with Gasteiger partial charge in [-0.1, -0.05) is 5.16 Å². The number of aliphatic imine (C=N–C) groups is 1. The number of nitrogens with one attached hydrogen (secondary N) is 2. The van der Waals surface area contributed by atoms with Gasteiger partial charge in [0.05, 0.1) is 10.2 Å². The Morgan fingerprint density at radius 3 is 2.92 bits per heavy atom. The molecule has 0 aliphatic rings. The molecule has 128 valence electrons. The number of hydrogen-bond donors (Lipinski definition) is 4. The van der Waals surface area contributed by atoms with E-state index in [0.717, 1.165) is 0 Å². The molecule has 0 saturated carbocycles. The first-order chi connectivity index (χ1) is 11.5. The minimum atomic E-state index is -0.426. The summed E-state index contributed by atoms with van der Waals surface area (Å²) in [5.41, 5.74) is 8.69. The van der Waals surface area contributed by atoms with Crippen molar-refractivity contribution in [2.75, 3.05) is 6.54 Å². The molecule has 0 spiro atoms. The van der Waals surface area contributed by atoms with Gasteiger partial charge < -0.3 is 11.1 Å². The molecule has 24 heavy (non-hydrogen) atoms. The fraction of sp³-hybridized carbons (Fsp3) is 0.286. The van der Waals surface area contributed by atoms with Crippen LogP contribution in [0, 0.1) is 11.2 Å². The number of rotatable bonds is 7. The van der Waals surface area contributed by atoms with E-state index in [1.54, 1.807) is 0 Å². The van der Waals surface area contributed by atoms with Gasteiger partial charge in [-0.2, -0.15) is 0 Å². The average molecular weight is 399 g/mol. The van der Waals surface area contributed by atoms with E-state index in [1.165, 1.54) is 18.2 Å². The van der Waals surface area contributed by atoms with Crippen LogP contribution in [0.3, 0.4) is 0 Å². The van der Waals surface area contributed by atoms with Crippen molar-refractivity contribution in [3.63, 3.8) is 0 Å². The Labute approximate surface area is 145 Å². The number of hydrogen-bond acceptors (Lipinski definition) is 7. The van der Waals surface area contributed by atoms with Crippen LogP contribution in [0.25, 0.3) is 0 Å². The lowest BCUT2D eigenvalue weighted by atomic mass is 10.1. The van der Waals surface area contributed by atoms with Crippen molar-refractivity contribution in [1.29, 1.82) is 5.41 Å². The molecule has 0 unspecified atom stereocenters. The van der Waals surface area contributed by atoms with E-state index < -0.39 is 5.82 Å². The Kier molecular flexibility index (Phi) is 6.53. The molecule has 0 aliphatic heterocycles. The highest BCUT2D eigenvalue weighted by atomic mass is 79.9. The summed E-state index contributed by atoms with van der Waals surface area (Å²) in [5, 5.41) is 24.7. The Morgan fingerprint density at radius 1 is 1.46 bits per heavy atom. The summed E-state index contributed by atoms with van der Waals surface area (Å²) in [6.45, 7) is 0.497. The molecule has 2 rings (SSSR count). The fourth-order valence-electron chi connectivity index (χ4n) is 1.92. The molecule has 0 radical (unpaired) electrons. The third kappa shape index (κ3) is 4.66. The molecule has 8 nitrogen and oxygen atoms in total. The van der Waals surface area contributed by atoms with Gasteiger partial charge in [-0.05, 0) is 58.7 Å². The van der Waals surface area contributed by atoms with E-state index in [-0.39, 0.29) is 22.4 Å². The van der Waals surface area contributed by atoms with Gasteiger partial charge >= 0.3 is 0 Å². The normalized spacial score (nSPS) is 11.6. The van der Waals surface area contributed by atoms with Gasteiger partial charge in [-0.3, -0.25) is 10.7 Å². The highest BCUT2D eigenvalue weighted by Gasteiger charge is 2.18. The van der Waals surface area contributed by atoms with Crippen LogP contribution in [0.4, 0.5) is 10.1 Å². The lowest BCUT2D eigenvalue weighted by Crippen LogP contribution is -2.22. The van der Waals surface area contributed by atoms with Crippen LogP contribution < -0.4 is 11.2 Å². The van der Waals surface area contributed by atoms with E-state index in [2.05, 4.69) is 31.2 Å². The third-order valence-corrected chi connectivity index (χ3v) is 3.70. The topological polar surface area (TPSA) is 133 Å². The zero-order valence-electron chi connectivity index (χ0n) is 12.6. The second-order valence-corrected chi connectivity index (χ2v) is 5.76. The first kappa shape index (κ1) is 18.2. The minimum Gasteiger partial charge on any atom is -0.330 e. The summed E-state index contributed by atoms with van der Waals surface area (Å²) in [6, 6.07) is 4.12. The molecule has 1 heterocycles. The van der Waals surface area contributed by atoms with Gasteiger partial charge in [-0.15, -0.1) is 0 Å². The van der Waals surface area contributed by atoms with Gasteiger partial charge in [0.2, 0.25) is 0 Å². The quantitative estimate of drug-likeness (QED) is 0.321. The highest BCUT2D eigenvalue weighted by molar-refractivity contribution is 9.10. The Bertz CT molecular complexity index is 749. The van der Waals surface area contributed by atoms with Crippen molar-refractivity contribution < 1.29 is 14.2 Å². The van der Waals surface area contributed by atoms with Crippen LogP contribution in [0.1, 0.15) is 24.2 Å². The van der Waals surface area contributed by atoms with Crippen LogP contribution >= 0.6 is 15.9 Å².